The molecule has 0 aromatic heterocycles. The first-order valence-electron chi connectivity index (χ1n) is 13.3. The molecule has 0 aliphatic rings. The van der Waals surface area contributed by atoms with E-state index in [0.29, 0.717) is 6.42 Å². The predicted octanol–water partition coefficient (Wildman–Crippen LogP) is -0.778. The van der Waals surface area contributed by atoms with Crippen LogP contribution >= 0.6 is 19.6 Å². The fourth-order valence-corrected chi connectivity index (χ4v) is 3.22. The number of aliphatic hydroxyl groups excluding tert-OH is 1. The van der Waals surface area contributed by atoms with Crippen molar-refractivity contribution in [3.05, 3.63) is 0 Å². The molecule has 0 bridgehead atoms. The van der Waals surface area contributed by atoms with Crippen LogP contribution in [-0.4, -0.2) is 42.3 Å². The van der Waals surface area contributed by atoms with Gasteiger partial charge in [-0.15, -0.1) is 0 Å². The fraction of sp³-hybridized carbons (Fsp3) is 0.500. The number of unbranched alkanes of at least 4 members (excludes halogenated alkanes) is 7. The maximum absolute atomic E-state index is 11.7. The third kappa shape index (κ3) is 47.0. The van der Waals surface area contributed by atoms with E-state index in [-0.39, 0.29) is 93.0 Å². The molecule has 1 atom stereocenters. The van der Waals surface area contributed by atoms with Crippen molar-refractivity contribution < 1.29 is 118 Å². The van der Waals surface area contributed by atoms with Crippen molar-refractivity contribution in [2.75, 3.05) is 20.0 Å². The second-order valence-corrected chi connectivity index (χ2v) is 10.2. The normalized spacial score (nSPS) is 9.02. The zero-order valence-corrected chi connectivity index (χ0v) is 32.3. The Bertz CT molecular complexity index is 1370. The van der Waals surface area contributed by atoms with Crippen molar-refractivity contribution in [3.63, 3.8) is 0 Å². The molecule has 0 fully saturated rings. The summed E-state index contributed by atoms with van der Waals surface area (Å²) in [6, 6.07) is 0. The van der Waals surface area contributed by atoms with E-state index >= 15 is 0 Å². The minimum atomic E-state index is -5.15. The molecule has 45 heavy (non-hydrogen) atoms. The zero-order chi connectivity index (χ0) is 32.4. The first kappa shape index (κ1) is 50.3. The number of phosphoric ester groups is 1. The van der Waals surface area contributed by atoms with E-state index < -0.39 is 33.3 Å². The molecule has 0 spiro atoms. The maximum Gasteiger partial charge on any atom is 1.00 e. The first-order chi connectivity index (χ1) is 20.7. The third-order valence-electron chi connectivity index (χ3n) is 4.40. The van der Waals surface area contributed by atoms with Gasteiger partial charge >= 0.3 is 65.1 Å². The van der Waals surface area contributed by atoms with Crippen molar-refractivity contribution in [2.24, 2.45) is 0 Å². The predicted molar refractivity (Wildman–Crippen MR) is 185 cm³/mol. The number of hydrogen-bond donors (Lipinski definition) is 1. The second kappa shape index (κ2) is 38.6. The summed E-state index contributed by atoms with van der Waals surface area (Å²) in [5.41, 5.74) is 0. The van der Waals surface area contributed by atoms with Crippen LogP contribution < -0.4 is 68.9 Å². The molecule has 0 rings (SSSR count). The number of carbonyl (C=O) groups is 2. The van der Waals surface area contributed by atoms with Crippen molar-refractivity contribution >= 4 is 30.7 Å². The fourth-order valence-electron chi connectivity index (χ4n) is 2.62. The molecule has 0 saturated carbocycles. The van der Waals surface area contributed by atoms with Gasteiger partial charge in [-0.3, -0.25) is 9.59 Å². The minimum Gasteiger partial charge on any atom is -0.790 e. The van der Waals surface area contributed by atoms with Gasteiger partial charge in [-0.25, -0.2) is 0 Å². The van der Waals surface area contributed by atoms with Gasteiger partial charge in [0.25, 0.3) is 0 Å². The summed E-state index contributed by atoms with van der Waals surface area (Å²) in [7, 11) is -5.15. The number of hydrogen-bond acceptors (Lipinski definition) is 10. The van der Waals surface area contributed by atoms with Gasteiger partial charge < -0.3 is 33.5 Å². The Labute approximate surface area is 333 Å². The van der Waals surface area contributed by atoms with E-state index in [1.807, 2.05) is 0 Å². The number of esters is 1. The standard InChI is InChI=1S/C17H6OS.C15H31O8P.2Na.11H2/c1-3-4-5-6-7-8-9-10-11-12-13-14-15-16-19-17(2)18;1-2-3-4-5-6-7-8-9-10-15(17)23-14(11-21-13-16)12-22-24(18,19)20;;;;;;;;;;;;;/h1-2H3;14,16H,2-13H2,1H3,(H2,18,19,20);;;11*1H/q;;2*+1;;;;;;;;;;;/p-2/t;14-;;;;;;;;;;;;;/m.0............./s1. The number of carbonyl (C=O) groups excluding carboxylic acids is 2. The number of phosphoric acid groups is 1. The van der Waals surface area contributed by atoms with Gasteiger partial charge in [0.05, 0.1) is 21.0 Å². The summed E-state index contributed by atoms with van der Waals surface area (Å²) < 4.78 is 24.2. The summed E-state index contributed by atoms with van der Waals surface area (Å²) in [4.78, 5) is 43.1. The van der Waals surface area contributed by atoms with Crippen LogP contribution in [0.5, 0.6) is 0 Å². The molecular weight excluding hydrogens is 637 g/mol. The number of rotatable bonds is 16. The largest absolute Gasteiger partial charge is 1.00 e. The van der Waals surface area contributed by atoms with E-state index in [9.17, 15) is 23.9 Å². The average molecular weight is 695 g/mol. The molecule has 0 radical (unpaired) electrons. The summed E-state index contributed by atoms with van der Waals surface area (Å²) in [6.45, 7) is 3.82. The van der Waals surface area contributed by atoms with Crippen molar-refractivity contribution in [2.45, 2.75) is 84.7 Å². The second-order valence-electron chi connectivity index (χ2n) is 8.03. The Hall–Kier alpha value is -1.56. The van der Waals surface area contributed by atoms with Crippen LogP contribution in [0, 0.1) is 82.2 Å². The Morgan fingerprint density at radius 2 is 1.27 bits per heavy atom. The summed E-state index contributed by atoms with van der Waals surface area (Å²) in [5, 5.41) is 11.0. The van der Waals surface area contributed by atoms with Gasteiger partial charge in [0.2, 0.25) is 0 Å². The van der Waals surface area contributed by atoms with Crippen LogP contribution in [0.3, 0.4) is 0 Å². The molecule has 0 amide bonds. The van der Waals surface area contributed by atoms with Crippen LogP contribution in [0.4, 0.5) is 0 Å². The topological polar surface area (TPSA) is 145 Å². The van der Waals surface area contributed by atoms with Gasteiger partial charge in [0.1, 0.15) is 12.9 Å². The molecular formula is C32H57Na2O9PS. The molecule has 0 aliphatic carbocycles. The van der Waals surface area contributed by atoms with Crippen molar-refractivity contribution in [3.8, 4) is 82.2 Å². The van der Waals surface area contributed by atoms with Gasteiger partial charge in [-0.1, -0.05) is 57.8 Å². The van der Waals surface area contributed by atoms with E-state index in [1.165, 1.54) is 32.6 Å². The number of aliphatic hydroxyl groups is 1. The Morgan fingerprint density at radius 3 is 1.71 bits per heavy atom. The van der Waals surface area contributed by atoms with E-state index in [1.54, 1.807) is 6.92 Å². The average Bonchev–Trinajstić information content (AvgIpc) is 2.95. The van der Waals surface area contributed by atoms with Crippen LogP contribution in [-0.2, 0) is 28.2 Å². The van der Waals surface area contributed by atoms with Crippen LogP contribution in [0.2, 0.25) is 0 Å². The molecule has 0 saturated heterocycles. The van der Waals surface area contributed by atoms with Gasteiger partial charge in [0, 0.05) is 40.8 Å². The molecule has 1 N–H and O–H groups in total. The Morgan fingerprint density at radius 1 is 0.800 bits per heavy atom. The van der Waals surface area contributed by atoms with Crippen LogP contribution in [0.25, 0.3) is 0 Å². The van der Waals surface area contributed by atoms with Gasteiger partial charge in [-0.05, 0) is 89.6 Å². The maximum atomic E-state index is 11.7. The molecule has 0 aromatic carbocycles. The van der Waals surface area contributed by atoms with Gasteiger partial charge in [0.15, 0.2) is 5.12 Å². The Kier molecular flexibility index (Phi) is 43.2. The quantitative estimate of drug-likeness (QED) is 0.0546. The number of thioether (sulfide) groups is 1. The molecule has 0 aliphatic heterocycles. The summed E-state index contributed by atoms with van der Waals surface area (Å²) in [6.07, 6.45) is 7.90. The van der Waals surface area contributed by atoms with E-state index in [2.05, 4.69) is 98.4 Å². The zero-order valence-electron chi connectivity index (χ0n) is 26.6. The smallest absolute Gasteiger partial charge is 0.790 e. The van der Waals surface area contributed by atoms with Crippen molar-refractivity contribution in [1.29, 1.82) is 0 Å². The molecule has 252 valence electrons. The molecule has 0 unspecified atom stereocenters. The number of ether oxygens (including phenoxy) is 2. The van der Waals surface area contributed by atoms with Crippen LogP contribution in [0.1, 0.15) is 94.3 Å². The first-order valence-corrected chi connectivity index (χ1v) is 15.6. The van der Waals surface area contributed by atoms with Crippen LogP contribution in [0.15, 0.2) is 0 Å². The minimum absolute atomic E-state index is 0. The molecule has 13 heteroatoms. The molecule has 0 aromatic rings. The van der Waals surface area contributed by atoms with E-state index in [0.717, 1.165) is 31.0 Å². The van der Waals surface area contributed by atoms with Gasteiger partial charge in [-0.2, -0.15) is 0 Å². The monoisotopic (exact) mass is 694 g/mol. The summed E-state index contributed by atoms with van der Waals surface area (Å²) in [5.74, 6) is 32.0. The van der Waals surface area contributed by atoms with Crippen molar-refractivity contribution in [1.82, 2.24) is 0 Å². The molecule has 0 heterocycles. The molecule has 9 nitrogen and oxygen atoms in total. The SMILES string of the molecule is CC#CC#CC#CC#CC#CC#CC#CSC(C)=O.CCCCCCCCCCC(=O)O[C@@H](COCO)COP(=O)([O-])[O-].[HH].[HH].[HH].[HH].[HH].[HH].[HH].[HH].[HH].[HH].[HH].[Na+].[Na+]. The third-order valence-corrected chi connectivity index (χ3v) is 5.36. The summed E-state index contributed by atoms with van der Waals surface area (Å²) >= 11 is 0.895. The Balaban J connectivity index is -0.0000000380. The van der Waals surface area contributed by atoms with E-state index in [4.69, 9.17) is 9.84 Å².